The fraction of sp³-hybridized carbons (Fsp3) is 0.615. The first-order chi connectivity index (χ1) is 8.71. The molecule has 0 aromatic carbocycles. The fourth-order valence-electron chi connectivity index (χ4n) is 1.59. The molecule has 5 heteroatoms. The molecule has 0 fully saturated rings. The largest absolute Gasteiger partial charge is 0.476 e. The van der Waals surface area contributed by atoms with Crippen LogP contribution in [0.5, 0.6) is 11.8 Å². The average Bonchev–Trinajstić information content (AvgIpc) is 2.38. The second kappa shape index (κ2) is 7.76. The third kappa shape index (κ3) is 4.41. The van der Waals surface area contributed by atoms with E-state index in [2.05, 4.69) is 23.7 Å². The van der Waals surface area contributed by atoms with E-state index in [1.807, 2.05) is 6.92 Å². The molecule has 0 radical (unpaired) electrons. The minimum absolute atomic E-state index is 0.442. The second-order valence-corrected chi connectivity index (χ2v) is 3.85. The number of anilines is 1. The van der Waals surface area contributed by atoms with Gasteiger partial charge in [-0.05, 0) is 26.1 Å². The summed E-state index contributed by atoms with van der Waals surface area (Å²) >= 11 is 0. The molecule has 0 spiro atoms. The van der Waals surface area contributed by atoms with E-state index in [9.17, 15) is 0 Å². The maximum atomic E-state index is 5.74. The van der Waals surface area contributed by atoms with Gasteiger partial charge in [-0.3, -0.25) is 0 Å². The molecule has 0 amide bonds. The molecule has 1 aromatic heterocycles. The number of hydrogen-bond donors (Lipinski definition) is 1. The van der Waals surface area contributed by atoms with Crippen LogP contribution in [0, 0.1) is 0 Å². The summed E-state index contributed by atoms with van der Waals surface area (Å²) in [6, 6.07) is 3.52. The third-order valence-electron chi connectivity index (χ3n) is 2.70. The van der Waals surface area contributed by atoms with Crippen LogP contribution in [0.1, 0.15) is 20.8 Å². The molecule has 102 valence electrons. The van der Waals surface area contributed by atoms with Crippen LogP contribution in [0.3, 0.4) is 0 Å². The first kappa shape index (κ1) is 14.6. The fourth-order valence-corrected chi connectivity index (χ4v) is 1.59. The van der Waals surface area contributed by atoms with E-state index in [1.165, 1.54) is 0 Å². The van der Waals surface area contributed by atoms with Crippen molar-refractivity contribution in [3.63, 3.8) is 0 Å². The molecule has 1 aromatic rings. The summed E-state index contributed by atoms with van der Waals surface area (Å²) in [6.45, 7) is 10.3. The Morgan fingerprint density at radius 3 is 2.50 bits per heavy atom. The molecule has 0 atom stereocenters. The van der Waals surface area contributed by atoms with Crippen molar-refractivity contribution in [2.75, 3.05) is 38.6 Å². The number of nitrogens with zero attached hydrogens (tertiary/aromatic N) is 2. The number of rotatable bonds is 8. The Morgan fingerprint density at radius 1 is 1.17 bits per heavy atom. The molecule has 1 rings (SSSR count). The number of aromatic nitrogens is 1. The highest BCUT2D eigenvalue weighted by atomic mass is 16.5. The van der Waals surface area contributed by atoms with Crippen LogP contribution in [-0.2, 0) is 0 Å². The van der Waals surface area contributed by atoms with Gasteiger partial charge in [0.15, 0.2) is 0 Å². The van der Waals surface area contributed by atoms with Gasteiger partial charge in [0.05, 0.1) is 12.3 Å². The van der Waals surface area contributed by atoms with Crippen LogP contribution >= 0.6 is 0 Å². The van der Waals surface area contributed by atoms with Gasteiger partial charge in [-0.2, -0.15) is 4.98 Å². The number of likely N-dealkylation sites (N-methyl/N-ethyl adjacent to an activating group) is 1. The number of pyridine rings is 1. The van der Waals surface area contributed by atoms with Crippen molar-refractivity contribution in [1.29, 1.82) is 0 Å². The zero-order valence-electron chi connectivity index (χ0n) is 11.5. The Bertz CT molecular complexity index is 354. The third-order valence-corrected chi connectivity index (χ3v) is 2.70. The summed E-state index contributed by atoms with van der Waals surface area (Å²) in [4.78, 5) is 6.51. The predicted molar refractivity (Wildman–Crippen MR) is 73.1 cm³/mol. The van der Waals surface area contributed by atoms with E-state index in [4.69, 9.17) is 15.2 Å². The van der Waals surface area contributed by atoms with E-state index in [0.717, 1.165) is 19.6 Å². The Balaban J connectivity index is 2.49. The molecule has 0 saturated heterocycles. The van der Waals surface area contributed by atoms with Gasteiger partial charge in [-0.25, -0.2) is 0 Å². The highest BCUT2D eigenvalue weighted by Gasteiger charge is 2.05. The maximum absolute atomic E-state index is 5.74. The molecule has 2 N–H and O–H groups in total. The van der Waals surface area contributed by atoms with Gasteiger partial charge in [-0.1, -0.05) is 13.8 Å². The summed E-state index contributed by atoms with van der Waals surface area (Å²) in [5.41, 5.74) is 6.28. The lowest BCUT2D eigenvalue weighted by molar-refractivity contribution is 0.215. The Hall–Kier alpha value is -1.49. The number of hydrogen-bond acceptors (Lipinski definition) is 5. The Kier molecular flexibility index (Phi) is 6.28. The molecule has 0 aliphatic rings. The number of nitrogen functional groups attached to an aromatic ring is 1. The van der Waals surface area contributed by atoms with Crippen molar-refractivity contribution in [2.45, 2.75) is 20.8 Å². The quantitative estimate of drug-likeness (QED) is 0.765. The minimum atomic E-state index is 0.442. The Labute approximate surface area is 109 Å². The van der Waals surface area contributed by atoms with Gasteiger partial charge in [0.25, 0.3) is 0 Å². The zero-order valence-corrected chi connectivity index (χ0v) is 11.5. The normalized spacial score (nSPS) is 10.7. The van der Waals surface area contributed by atoms with E-state index in [-0.39, 0.29) is 0 Å². The maximum Gasteiger partial charge on any atom is 0.240 e. The molecule has 18 heavy (non-hydrogen) atoms. The topological polar surface area (TPSA) is 60.6 Å². The van der Waals surface area contributed by atoms with Gasteiger partial charge in [0.2, 0.25) is 11.8 Å². The van der Waals surface area contributed by atoms with Crippen molar-refractivity contribution < 1.29 is 9.47 Å². The van der Waals surface area contributed by atoms with Gasteiger partial charge >= 0.3 is 0 Å². The highest BCUT2D eigenvalue weighted by Crippen LogP contribution is 2.21. The van der Waals surface area contributed by atoms with Crippen molar-refractivity contribution in [3.8, 4) is 11.8 Å². The van der Waals surface area contributed by atoms with E-state index in [1.54, 1.807) is 12.1 Å². The Morgan fingerprint density at radius 2 is 1.89 bits per heavy atom. The van der Waals surface area contributed by atoms with Crippen molar-refractivity contribution in [1.82, 2.24) is 9.88 Å². The second-order valence-electron chi connectivity index (χ2n) is 3.85. The monoisotopic (exact) mass is 253 g/mol. The minimum Gasteiger partial charge on any atom is -0.476 e. The molecule has 5 nitrogen and oxygen atoms in total. The van der Waals surface area contributed by atoms with E-state index in [0.29, 0.717) is 30.7 Å². The molecule has 0 aliphatic carbocycles. The van der Waals surface area contributed by atoms with Crippen LogP contribution in [0.2, 0.25) is 0 Å². The van der Waals surface area contributed by atoms with Crippen LogP contribution in [0.15, 0.2) is 12.1 Å². The first-order valence-corrected chi connectivity index (χ1v) is 6.45. The van der Waals surface area contributed by atoms with Crippen LogP contribution in [0.25, 0.3) is 0 Å². The molecule has 0 saturated carbocycles. The number of ether oxygens (including phenoxy) is 2. The van der Waals surface area contributed by atoms with E-state index < -0.39 is 0 Å². The summed E-state index contributed by atoms with van der Waals surface area (Å²) in [5, 5.41) is 0. The zero-order chi connectivity index (χ0) is 13.4. The standard InChI is InChI=1S/C13H23N3O2/c1-4-16(5-2)9-10-18-12-8-7-11(14)13(15-12)17-6-3/h7-8H,4-6,9-10,14H2,1-3H3. The van der Waals surface area contributed by atoms with Gasteiger partial charge in [-0.15, -0.1) is 0 Å². The summed E-state index contributed by atoms with van der Waals surface area (Å²) in [7, 11) is 0. The van der Waals surface area contributed by atoms with Crippen LogP contribution in [0.4, 0.5) is 5.69 Å². The molecular formula is C13H23N3O2. The predicted octanol–water partition coefficient (Wildman–Crippen LogP) is 1.78. The van der Waals surface area contributed by atoms with Crippen molar-refractivity contribution in [3.05, 3.63) is 12.1 Å². The lowest BCUT2D eigenvalue weighted by Gasteiger charge is -2.17. The summed E-state index contributed by atoms with van der Waals surface area (Å²) in [6.07, 6.45) is 0. The SMILES string of the molecule is CCOc1nc(OCCN(CC)CC)ccc1N. The highest BCUT2D eigenvalue weighted by molar-refractivity contribution is 5.49. The molecule has 0 unspecified atom stereocenters. The van der Waals surface area contributed by atoms with E-state index >= 15 is 0 Å². The lowest BCUT2D eigenvalue weighted by atomic mass is 10.4. The number of nitrogens with two attached hydrogens (primary N) is 1. The molecule has 0 bridgehead atoms. The van der Waals surface area contributed by atoms with Gasteiger partial charge in [0.1, 0.15) is 6.61 Å². The summed E-state index contributed by atoms with van der Waals surface area (Å²) in [5.74, 6) is 0.998. The first-order valence-electron chi connectivity index (χ1n) is 6.45. The smallest absolute Gasteiger partial charge is 0.240 e. The molecule has 0 aliphatic heterocycles. The van der Waals surface area contributed by atoms with Crippen LogP contribution < -0.4 is 15.2 Å². The van der Waals surface area contributed by atoms with Crippen LogP contribution in [-0.4, -0.2) is 42.7 Å². The summed E-state index contributed by atoms with van der Waals surface area (Å²) < 4.78 is 10.9. The lowest BCUT2D eigenvalue weighted by Crippen LogP contribution is -2.28. The van der Waals surface area contributed by atoms with Crippen molar-refractivity contribution in [2.24, 2.45) is 0 Å². The van der Waals surface area contributed by atoms with Gasteiger partial charge in [0, 0.05) is 12.6 Å². The molecular weight excluding hydrogens is 230 g/mol. The molecule has 1 heterocycles. The van der Waals surface area contributed by atoms with Crippen molar-refractivity contribution >= 4 is 5.69 Å². The average molecular weight is 253 g/mol. The van der Waals surface area contributed by atoms with Gasteiger partial charge < -0.3 is 20.1 Å².